The number of nitrogens with two attached hydrogens (primary N) is 1. The molecule has 2 atom stereocenters. The number of esters is 1. The number of hydrogen-bond acceptors (Lipinski definition) is 5. The SMILES string of the molecule is CCOC(=O)c1cc2cc(NC(=O)C[C@@H]3CCC[C@H]3N)ccc2s1. The first-order valence-corrected chi connectivity index (χ1v) is 9.14. The minimum Gasteiger partial charge on any atom is -0.462 e. The van der Waals surface area contributed by atoms with Gasteiger partial charge in [-0.3, -0.25) is 4.79 Å². The van der Waals surface area contributed by atoms with Crippen molar-refractivity contribution in [2.24, 2.45) is 11.7 Å². The summed E-state index contributed by atoms with van der Waals surface area (Å²) in [5, 5.41) is 3.87. The standard InChI is InChI=1S/C18H22N2O3S/c1-2-23-18(22)16-9-12-8-13(6-7-15(12)24-16)20-17(21)10-11-4-3-5-14(11)19/h6-9,11,14H,2-5,10,19H2,1H3,(H,20,21)/t11-,14+/m0/s1. The molecule has 1 heterocycles. The van der Waals surface area contributed by atoms with E-state index in [-0.39, 0.29) is 23.8 Å². The molecule has 1 aliphatic carbocycles. The molecule has 0 radical (unpaired) electrons. The average molecular weight is 346 g/mol. The van der Waals surface area contributed by atoms with Gasteiger partial charge in [0.25, 0.3) is 0 Å². The average Bonchev–Trinajstić information content (AvgIpc) is 3.14. The second-order valence-electron chi connectivity index (χ2n) is 6.19. The number of thiophene rings is 1. The van der Waals surface area contributed by atoms with Crippen molar-refractivity contribution in [1.29, 1.82) is 0 Å². The highest BCUT2D eigenvalue weighted by Crippen LogP contribution is 2.30. The normalized spacial score (nSPS) is 20.2. The van der Waals surface area contributed by atoms with Crippen LogP contribution in [0.25, 0.3) is 10.1 Å². The molecule has 0 saturated heterocycles. The van der Waals surface area contributed by atoms with E-state index in [1.807, 2.05) is 18.2 Å². The minimum atomic E-state index is -0.306. The Hall–Kier alpha value is -1.92. The van der Waals surface area contributed by atoms with Crippen LogP contribution >= 0.6 is 11.3 Å². The quantitative estimate of drug-likeness (QED) is 0.812. The summed E-state index contributed by atoms with van der Waals surface area (Å²) in [6.07, 6.45) is 3.62. The van der Waals surface area contributed by atoms with E-state index in [4.69, 9.17) is 10.5 Å². The van der Waals surface area contributed by atoms with Crippen molar-refractivity contribution in [3.63, 3.8) is 0 Å². The highest BCUT2D eigenvalue weighted by Gasteiger charge is 2.26. The largest absolute Gasteiger partial charge is 0.462 e. The molecular weight excluding hydrogens is 324 g/mol. The summed E-state index contributed by atoms with van der Waals surface area (Å²) < 4.78 is 6.02. The van der Waals surface area contributed by atoms with Crippen LogP contribution in [0.3, 0.4) is 0 Å². The molecule has 6 heteroatoms. The summed E-state index contributed by atoms with van der Waals surface area (Å²) in [5.41, 5.74) is 6.77. The molecule has 2 aromatic rings. The van der Waals surface area contributed by atoms with E-state index in [1.54, 1.807) is 13.0 Å². The molecule has 1 saturated carbocycles. The molecule has 0 unspecified atom stereocenters. The van der Waals surface area contributed by atoms with Crippen molar-refractivity contribution in [2.45, 2.75) is 38.6 Å². The number of anilines is 1. The van der Waals surface area contributed by atoms with Gasteiger partial charge >= 0.3 is 5.97 Å². The first-order valence-electron chi connectivity index (χ1n) is 8.33. The Balaban J connectivity index is 1.68. The molecule has 5 nitrogen and oxygen atoms in total. The van der Waals surface area contributed by atoms with Gasteiger partial charge in [-0.05, 0) is 55.3 Å². The maximum atomic E-state index is 12.2. The molecule has 0 bridgehead atoms. The van der Waals surface area contributed by atoms with E-state index >= 15 is 0 Å². The van der Waals surface area contributed by atoms with E-state index in [1.165, 1.54) is 11.3 Å². The fourth-order valence-electron chi connectivity index (χ4n) is 3.19. The molecule has 3 rings (SSSR count). The number of rotatable bonds is 5. The summed E-state index contributed by atoms with van der Waals surface area (Å²) in [6, 6.07) is 7.61. The molecule has 1 fully saturated rings. The fraction of sp³-hybridized carbons (Fsp3) is 0.444. The molecule has 1 aromatic carbocycles. The van der Waals surface area contributed by atoms with Crippen LogP contribution in [0.4, 0.5) is 5.69 Å². The van der Waals surface area contributed by atoms with Crippen molar-refractivity contribution in [3.8, 4) is 0 Å². The molecule has 0 spiro atoms. The molecular formula is C18H22N2O3S. The summed E-state index contributed by atoms with van der Waals surface area (Å²) in [5.74, 6) is -0.0256. The zero-order valence-electron chi connectivity index (χ0n) is 13.7. The van der Waals surface area contributed by atoms with Crippen LogP contribution in [0.15, 0.2) is 24.3 Å². The van der Waals surface area contributed by atoms with Crippen LogP contribution < -0.4 is 11.1 Å². The van der Waals surface area contributed by atoms with Crippen LogP contribution in [0.2, 0.25) is 0 Å². The lowest BCUT2D eigenvalue weighted by atomic mass is 10.00. The highest BCUT2D eigenvalue weighted by molar-refractivity contribution is 7.20. The van der Waals surface area contributed by atoms with Crippen LogP contribution in [0.5, 0.6) is 0 Å². The van der Waals surface area contributed by atoms with Crippen molar-refractivity contribution >= 4 is 39.0 Å². The van der Waals surface area contributed by atoms with E-state index in [2.05, 4.69) is 5.32 Å². The number of carbonyl (C=O) groups excluding carboxylic acids is 2. The summed E-state index contributed by atoms with van der Waals surface area (Å²) >= 11 is 1.40. The Morgan fingerprint density at radius 1 is 1.33 bits per heavy atom. The molecule has 128 valence electrons. The third kappa shape index (κ3) is 3.76. The number of nitrogens with one attached hydrogen (secondary N) is 1. The third-order valence-corrected chi connectivity index (χ3v) is 5.54. The van der Waals surface area contributed by atoms with Crippen molar-refractivity contribution in [2.75, 3.05) is 11.9 Å². The maximum absolute atomic E-state index is 12.2. The zero-order valence-corrected chi connectivity index (χ0v) is 14.5. The van der Waals surface area contributed by atoms with E-state index in [9.17, 15) is 9.59 Å². The molecule has 1 aliphatic rings. The lowest BCUT2D eigenvalue weighted by Crippen LogP contribution is -2.28. The first-order chi connectivity index (χ1) is 11.6. The van der Waals surface area contributed by atoms with Gasteiger partial charge in [0.2, 0.25) is 5.91 Å². The topological polar surface area (TPSA) is 81.4 Å². The highest BCUT2D eigenvalue weighted by atomic mass is 32.1. The zero-order chi connectivity index (χ0) is 17.1. The van der Waals surface area contributed by atoms with Crippen LogP contribution in [0, 0.1) is 5.92 Å². The van der Waals surface area contributed by atoms with Gasteiger partial charge in [-0.25, -0.2) is 4.79 Å². The number of fused-ring (bicyclic) bond motifs is 1. The predicted molar refractivity (Wildman–Crippen MR) is 96.3 cm³/mol. The minimum absolute atomic E-state index is 0.00227. The summed E-state index contributed by atoms with van der Waals surface area (Å²) in [7, 11) is 0. The molecule has 0 aliphatic heterocycles. The summed E-state index contributed by atoms with van der Waals surface area (Å²) in [6.45, 7) is 2.15. The second-order valence-corrected chi connectivity index (χ2v) is 7.27. The number of amides is 1. The van der Waals surface area contributed by atoms with Gasteiger partial charge in [0.05, 0.1) is 6.61 Å². The van der Waals surface area contributed by atoms with E-state index in [0.717, 1.165) is 35.0 Å². The first kappa shape index (κ1) is 16.9. The third-order valence-electron chi connectivity index (χ3n) is 4.44. The lowest BCUT2D eigenvalue weighted by Gasteiger charge is -2.14. The number of hydrogen-bond donors (Lipinski definition) is 2. The van der Waals surface area contributed by atoms with Gasteiger partial charge in [-0.1, -0.05) is 6.42 Å². The van der Waals surface area contributed by atoms with E-state index in [0.29, 0.717) is 17.9 Å². The van der Waals surface area contributed by atoms with Gasteiger partial charge in [-0.15, -0.1) is 11.3 Å². The number of ether oxygens (including phenoxy) is 1. The Morgan fingerprint density at radius 2 is 2.17 bits per heavy atom. The Labute approximate surface area is 145 Å². The maximum Gasteiger partial charge on any atom is 0.348 e. The molecule has 1 amide bonds. The molecule has 3 N–H and O–H groups in total. The van der Waals surface area contributed by atoms with Crippen LogP contribution in [0.1, 0.15) is 42.3 Å². The van der Waals surface area contributed by atoms with Gasteiger partial charge in [0, 0.05) is 22.8 Å². The van der Waals surface area contributed by atoms with Crippen LogP contribution in [-0.2, 0) is 9.53 Å². The Kier molecular flexibility index (Phi) is 5.16. The Morgan fingerprint density at radius 3 is 2.88 bits per heavy atom. The van der Waals surface area contributed by atoms with Gasteiger partial charge in [0.1, 0.15) is 4.88 Å². The van der Waals surface area contributed by atoms with E-state index < -0.39 is 0 Å². The smallest absolute Gasteiger partial charge is 0.348 e. The van der Waals surface area contributed by atoms with Crippen molar-refractivity contribution < 1.29 is 14.3 Å². The fourth-order valence-corrected chi connectivity index (χ4v) is 4.13. The lowest BCUT2D eigenvalue weighted by molar-refractivity contribution is -0.117. The van der Waals surface area contributed by atoms with Crippen molar-refractivity contribution in [3.05, 3.63) is 29.1 Å². The molecule has 24 heavy (non-hydrogen) atoms. The van der Waals surface area contributed by atoms with Crippen LogP contribution in [-0.4, -0.2) is 24.5 Å². The van der Waals surface area contributed by atoms with Gasteiger partial charge in [-0.2, -0.15) is 0 Å². The monoisotopic (exact) mass is 346 g/mol. The predicted octanol–water partition coefficient (Wildman–Crippen LogP) is 3.53. The second kappa shape index (κ2) is 7.32. The summed E-state index contributed by atoms with van der Waals surface area (Å²) in [4.78, 5) is 24.6. The van der Waals surface area contributed by atoms with Gasteiger partial charge < -0.3 is 15.8 Å². The number of benzene rings is 1. The van der Waals surface area contributed by atoms with Gasteiger partial charge in [0.15, 0.2) is 0 Å². The Bertz CT molecular complexity index is 756. The molecule has 1 aromatic heterocycles. The number of carbonyl (C=O) groups is 2. The van der Waals surface area contributed by atoms with Crippen molar-refractivity contribution in [1.82, 2.24) is 0 Å².